The maximum atomic E-state index is 12.4. The van der Waals surface area contributed by atoms with Crippen LogP contribution in [-0.4, -0.2) is 5.11 Å². The molecule has 0 aliphatic carbocycles. The molecule has 0 fully saturated rings. The fraction of sp³-hybridized carbons (Fsp3) is 0.143. The van der Waals surface area contributed by atoms with Gasteiger partial charge in [-0.3, -0.25) is 0 Å². The minimum atomic E-state index is -4.64. The van der Waals surface area contributed by atoms with Crippen LogP contribution in [0, 0.1) is 0 Å². The summed E-state index contributed by atoms with van der Waals surface area (Å²) in [5, 5.41) is 8.59. The first-order valence-electron chi connectivity index (χ1n) is 3.28. The normalized spacial score (nSPS) is 11.8. The van der Waals surface area contributed by atoms with Crippen molar-refractivity contribution in [3.05, 3.63) is 21.1 Å². The van der Waals surface area contributed by atoms with Crippen molar-refractivity contribution < 1.29 is 18.3 Å². The van der Waals surface area contributed by atoms with Crippen LogP contribution >= 0.6 is 27.5 Å². The smallest absolute Gasteiger partial charge is 0.419 e. The third-order valence-corrected chi connectivity index (χ3v) is 2.58. The Kier molecular flexibility index (Phi) is 2.87. The average Bonchev–Trinajstić information content (AvgIpc) is 1.97. The highest BCUT2D eigenvalue weighted by Crippen LogP contribution is 2.45. The van der Waals surface area contributed by atoms with Gasteiger partial charge in [0.1, 0.15) is 0 Å². The Labute approximate surface area is 90.6 Å². The molecule has 0 unspecified atom stereocenters. The van der Waals surface area contributed by atoms with Gasteiger partial charge in [-0.2, -0.15) is 13.2 Å². The summed E-state index contributed by atoms with van der Waals surface area (Å²) in [6.45, 7) is 0. The van der Waals surface area contributed by atoms with Crippen LogP contribution < -0.4 is 5.73 Å². The number of benzene rings is 1. The number of phenolic OH excluding ortho intramolecular Hbond substituents is 1. The maximum absolute atomic E-state index is 12.4. The molecule has 1 aromatic rings. The lowest BCUT2D eigenvalue weighted by Gasteiger charge is -2.13. The molecule has 1 aromatic carbocycles. The summed E-state index contributed by atoms with van der Waals surface area (Å²) >= 11 is 7.93. The van der Waals surface area contributed by atoms with Crippen LogP contribution in [0.15, 0.2) is 10.5 Å². The van der Waals surface area contributed by atoms with E-state index in [2.05, 4.69) is 15.9 Å². The van der Waals surface area contributed by atoms with Crippen molar-refractivity contribution in [2.24, 2.45) is 0 Å². The molecule has 0 radical (unpaired) electrons. The van der Waals surface area contributed by atoms with E-state index in [4.69, 9.17) is 22.4 Å². The fourth-order valence-electron chi connectivity index (χ4n) is 0.887. The molecule has 0 saturated carbocycles. The molecule has 0 aliphatic heterocycles. The number of aromatic hydroxyl groups is 1. The summed E-state index contributed by atoms with van der Waals surface area (Å²) in [6, 6.07) is 0.852. The summed E-state index contributed by atoms with van der Waals surface area (Å²) in [5.74, 6) is -0.665. The summed E-state index contributed by atoms with van der Waals surface area (Å²) in [6.07, 6.45) is -4.64. The molecule has 0 spiro atoms. The predicted molar refractivity (Wildman–Crippen MR) is 50.2 cm³/mol. The third-order valence-electron chi connectivity index (χ3n) is 1.51. The van der Waals surface area contributed by atoms with Gasteiger partial charge in [-0.25, -0.2) is 0 Å². The zero-order valence-corrected chi connectivity index (χ0v) is 8.83. The second-order valence-electron chi connectivity index (χ2n) is 2.48. The molecule has 0 aliphatic rings. The van der Waals surface area contributed by atoms with E-state index in [0.717, 1.165) is 6.07 Å². The second-order valence-corrected chi connectivity index (χ2v) is 3.68. The van der Waals surface area contributed by atoms with E-state index in [0.29, 0.717) is 0 Å². The van der Waals surface area contributed by atoms with E-state index >= 15 is 0 Å². The van der Waals surface area contributed by atoms with Gasteiger partial charge in [0.05, 0.1) is 20.7 Å². The first kappa shape index (κ1) is 11.5. The summed E-state index contributed by atoms with van der Waals surface area (Å²) in [7, 11) is 0. The third kappa shape index (κ3) is 1.90. The van der Waals surface area contributed by atoms with Gasteiger partial charge in [-0.05, 0) is 22.0 Å². The van der Waals surface area contributed by atoms with Gasteiger partial charge in [-0.1, -0.05) is 11.6 Å². The zero-order chi connectivity index (χ0) is 11.1. The molecular formula is C7H4BrClF3NO. The summed E-state index contributed by atoms with van der Waals surface area (Å²) < 4.78 is 36.5. The largest absolute Gasteiger partial charge is 0.505 e. The molecule has 78 valence electrons. The standard InChI is InChI=1S/C7H4BrClF3NO/c8-5-4(7(10,11)12)2(9)1-3(13)6(5)14/h1,14H,13H2. The Morgan fingerprint density at radius 3 is 2.36 bits per heavy atom. The molecule has 1 rings (SSSR count). The Hall–Kier alpha value is -0.620. The number of nitrogens with two attached hydrogens (primary N) is 1. The highest BCUT2D eigenvalue weighted by atomic mass is 79.9. The lowest BCUT2D eigenvalue weighted by atomic mass is 10.2. The maximum Gasteiger partial charge on any atom is 0.419 e. The molecule has 3 N–H and O–H groups in total. The molecule has 0 amide bonds. The number of anilines is 1. The van der Waals surface area contributed by atoms with Crippen LogP contribution in [0.2, 0.25) is 5.02 Å². The Balaban J connectivity index is 3.53. The number of alkyl halides is 3. The van der Waals surface area contributed by atoms with Gasteiger partial charge in [-0.15, -0.1) is 0 Å². The molecule has 14 heavy (non-hydrogen) atoms. The quantitative estimate of drug-likeness (QED) is 0.568. The number of phenols is 1. The zero-order valence-electron chi connectivity index (χ0n) is 6.49. The van der Waals surface area contributed by atoms with E-state index < -0.39 is 27.0 Å². The van der Waals surface area contributed by atoms with E-state index in [9.17, 15) is 13.2 Å². The molecule has 0 bridgehead atoms. The van der Waals surface area contributed by atoms with E-state index in [1.165, 1.54) is 0 Å². The Morgan fingerprint density at radius 2 is 1.93 bits per heavy atom. The van der Waals surface area contributed by atoms with Crippen LogP contribution in [0.4, 0.5) is 18.9 Å². The van der Waals surface area contributed by atoms with Gasteiger partial charge >= 0.3 is 6.18 Å². The first-order valence-corrected chi connectivity index (χ1v) is 4.46. The number of halogens is 5. The van der Waals surface area contributed by atoms with Crippen molar-refractivity contribution in [3.63, 3.8) is 0 Å². The Morgan fingerprint density at radius 1 is 1.43 bits per heavy atom. The van der Waals surface area contributed by atoms with Crippen LogP contribution in [0.3, 0.4) is 0 Å². The second kappa shape index (κ2) is 3.51. The molecule has 0 heterocycles. The topological polar surface area (TPSA) is 46.2 Å². The lowest BCUT2D eigenvalue weighted by molar-refractivity contribution is -0.138. The molecule has 0 saturated heterocycles. The van der Waals surface area contributed by atoms with Crippen LogP contribution in [0.25, 0.3) is 0 Å². The minimum Gasteiger partial charge on any atom is -0.505 e. The van der Waals surface area contributed by atoms with Gasteiger partial charge in [0, 0.05) is 0 Å². The lowest BCUT2D eigenvalue weighted by Crippen LogP contribution is -2.08. The molecular weight excluding hydrogens is 286 g/mol. The number of nitrogen functional groups attached to an aromatic ring is 1. The molecule has 7 heteroatoms. The fourth-order valence-corrected chi connectivity index (χ4v) is 1.99. The van der Waals surface area contributed by atoms with Crippen molar-refractivity contribution in [3.8, 4) is 5.75 Å². The van der Waals surface area contributed by atoms with Gasteiger partial charge in [0.2, 0.25) is 0 Å². The van der Waals surface area contributed by atoms with Crippen molar-refractivity contribution in [1.82, 2.24) is 0 Å². The van der Waals surface area contributed by atoms with E-state index in [1.807, 2.05) is 0 Å². The van der Waals surface area contributed by atoms with Gasteiger partial charge in [0.15, 0.2) is 5.75 Å². The Bertz CT molecular complexity index is 380. The molecule has 2 nitrogen and oxygen atoms in total. The highest BCUT2D eigenvalue weighted by molar-refractivity contribution is 9.10. The number of rotatable bonds is 0. The molecule has 0 aromatic heterocycles. The molecule has 0 atom stereocenters. The summed E-state index contributed by atoms with van der Waals surface area (Å²) in [4.78, 5) is 0. The minimum absolute atomic E-state index is 0.213. The van der Waals surface area contributed by atoms with Crippen molar-refractivity contribution in [1.29, 1.82) is 0 Å². The van der Waals surface area contributed by atoms with E-state index in [1.54, 1.807) is 0 Å². The number of hydrogen-bond donors (Lipinski definition) is 2. The van der Waals surface area contributed by atoms with E-state index in [-0.39, 0.29) is 5.69 Å². The van der Waals surface area contributed by atoms with Crippen LogP contribution in [0.1, 0.15) is 5.56 Å². The average molecular weight is 290 g/mol. The van der Waals surface area contributed by atoms with Crippen molar-refractivity contribution in [2.75, 3.05) is 5.73 Å². The van der Waals surface area contributed by atoms with Crippen LogP contribution in [0.5, 0.6) is 5.75 Å². The highest BCUT2D eigenvalue weighted by Gasteiger charge is 2.37. The van der Waals surface area contributed by atoms with Gasteiger partial charge < -0.3 is 10.8 Å². The van der Waals surface area contributed by atoms with Crippen molar-refractivity contribution >= 4 is 33.2 Å². The predicted octanol–water partition coefficient (Wildman–Crippen LogP) is 3.41. The van der Waals surface area contributed by atoms with Crippen LogP contribution in [-0.2, 0) is 6.18 Å². The summed E-state index contributed by atoms with van der Waals surface area (Å²) in [5.41, 5.74) is 3.86. The SMILES string of the molecule is Nc1cc(Cl)c(C(F)(F)F)c(Br)c1O. The van der Waals surface area contributed by atoms with Gasteiger partial charge in [0.25, 0.3) is 0 Å². The monoisotopic (exact) mass is 289 g/mol. The van der Waals surface area contributed by atoms with Crippen molar-refractivity contribution in [2.45, 2.75) is 6.18 Å². The number of hydrogen-bond acceptors (Lipinski definition) is 2. The first-order chi connectivity index (χ1) is 6.25.